The van der Waals surface area contributed by atoms with E-state index in [1.165, 1.54) is 13.2 Å². The SMILES string of the molecule is COC(=O)c1cccc(C2([N+](=O)[O-])CCCO2)c1. The van der Waals surface area contributed by atoms with Gasteiger partial charge in [0, 0.05) is 0 Å². The van der Waals surface area contributed by atoms with Crippen LogP contribution in [0.4, 0.5) is 0 Å². The van der Waals surface area contributed by atoms with E-state index >= 15 is 0 Å². The lowest BCUT2D eigenvalue weighted by atomic mass is 9.98. The second-order valence-corrected chi connectivity index (χ2v) is 4.07. The quantitative estimate of drug-likeness (QED) is 0.464. The smallest absolute Gasteiger partial charge is 0.351 e. The van der Waals surface area contributed by atoms with Crippen molar-refractivity contribution in [1.29, 1.82) is 0 Å². The first-order chi connectivity index (χ1) is 8.60. The van der Waals surface area contributed by atoms with Gasteiger partial charge in [0.1, 0.15) is 0 Å². The first kappa shape index (κ1) is 12.5. The Morgan fingerprint density at radius 2 is 2.33 bits per heavy atom. The average molecular weight is 251 g/mol. The second kappa shape index (κ2) is 4.73. The molecule has 0 aliphatic carbocycles. The summed E-state index contributed by atoms with van der Waals surface area (Å²) >= 11 is 0. The van der Waals surface area contributed by atoms with Gasteiger partial charge in [0.05, 0.1) is 36.2 Å². The number of methoxy groups -OCH3 is 1. The van der Waals surface area contributed by atoms with Crippen LogP contribution in [0.15, 0.2) is 24.3 Å². The average Bonchev–Trinajstić information content (AvgIpc) is 2.88. The maximum Gasteiger partial charge on any atom is 0.351 e. The highest BCUT2D eigenvalue weighted by Gasteiger charge is 2.49. The minimum atomic E-state index is -1.52. The molecule has 0 N–H and O–H groups in total. The Morgan fingerprint density at radius 1 is 1.56 bits per heavy atom. The van der Waals surface area contributed by atoms with Crippen molar-refractivity contribution in [2.45, 2.75) is 18.6 Å². The number of rotatable bonds is 3. The van der Waals surface area contributed by atoms with Crippen LogP contribution in [0.1, 0.15) is 28.8 Å². The molecule has 1 aliphatic rings. The molecule has 1 atom stereocenters. The highest BCUT2D eigenvalue weighted by Crippen LogP contribution is 2.36. The second-order valence-electron chi connectivity index (χ2n) is 4.07. The van der Waals surface area contributed by atoms with E-state index in [0.29, 0.717) is 25.0 Å². The van der Waals surface area contributed by atoms with Gasteiger partial charge >= 0.3 is 11.7 Å². The molecule has 2 rings (SSSR count). The number of hydrogen-bond acceptors (Lipinski definition) is 5. The largest absolute Gasteiger partial charge is 0.465 e. The number of nitro groups is 1. The van der Waals surface area contributed by atoms with Gasteiger partial charge in [0.15, 0.2) is 0 Å². The molecule has 0 spiro atoms. The van der Waals surface area contributed by atoms with Crippen LogP contribution in [-0.2, 0) is 15.2 Å². The predicted octanol–water partition coefficient (Wildman–Crippen LogP) is 1.71. The molecule has 1 aromatic rings. The van der Waals surface area contributed by atoms with Gasteiger partial charge in [0.25, 0.3) is 0 Å². The number of carbonyl (C=O) groups is 1. The summed E-state index contributed by atoms with van der Waals surface area (Å²) in [7, 11) is 1.27. The molecule has 0 bridgehead atoms. The van der Waals surface area contributed by atoms with Crippen molar-refractivity contribution in [1.82, 2.24) is 0 Å². The highest BCUT2D eigenvalue weighted by atomic mass is 16.7. The first-order valence-electron chi connectivity index (χ1n) is 5.57. The Hall–Kier alpha value is -1.95. The molecular weight excluding hydrogens is 238 g/mol. The summed E-state index contributed by atoms with van der Waals surface area (Å²) in [5.74, 6) is -0.520. The highest BCUT2D eigenvalue weighted by molar-refractivity contribution is 5.89. The maximum atomic E-state index is 11.4. The van der Waals surface area contributed by atoms with E-state index in [0.717, 1.165) is 0 Å². The lowest BCUT2D eigenvalue weighted by Gasteiger charge is -2.19. The molecule has 1 heterocycles. The zero-order valence-corrected chi connectivity index (χ0v) is 9.92. The Balaban J connectivity index is 2.43. The van der Waals surface area contributed by atoms with E-state index in [2.05, 4.69) is 4.74 Å². The molecule has 1 unspecified atom stereocenters. The van der Waals surface area contributed by atoms with Gasteiger partial charge in [0.2, 0.25) is 0 Å². The fourth-order valence-corrected chi connectivity index (χ4v) is 2.11. The summed E-state index contributed by atoms with van der Waals surface area (Å²) < 4.78 is 9.90. The number of hydrogen-bond donors (Lipinski definition) is 0. The summed E-state index contributed by atoms with van der Waals surface area (Å²) in [5.41, 5.74) is -0.857. The van der Waals surface area contributed by atoms with Gasteiger partial charge in [-0.25, -0.2) is 4.79 Å². The monoisotopic (exact) mass is 251 g/mol. The van der Waals surface area contributed by atoms with Crippen molar-refractivity contribution < 1.29 is 19.2 Å². The third kappa shape index (κ3) is 1.95. The Labute approximate surface area is 104 Å². The van der Waals surface area contributed by atoms with Crippen molar-refractivity contribution in [2.24, 2.45) is 0 Å². The van der Waals surface area contributed by atoms with Gasteiger partial charge in [-0.3, -0.25) is 10.1 Å². The van der Waals surface area contributed by atoms with Gasteiger partial charge in [-0.1, -0.05) is 6.07 Å². The Morgan fingerprint density at radius 3 is 2.89 bits per heavy atom. The van der Waals surface area contributed by atoms with Crippen LogP contribution in [0.5, 0.6) is 0 Å². The van der Waals surface area contributed by atoms with Gasteiger partial charge in [-0.2, -0.15) is 0 Å². The zero-order valence-electron chi connectivity index (χ0n) is 9.92. The number of ether oxygens (including phenoxy) is 2. The van der Waals surface area contributed by atoms with E-state index in [9.17, 15) is 14.9 Å². The summed E-state index contributed by atoms with van der Waals surface area (Å²) in [4.78, 5) is 22.2. The van der Waals surface area contributed by atoms with Crippen LogP contribution in [0.25, 0.3) is 0 Å². The van der Waals surface area contributed by atoms with Crippen LogP contribution < -0.4 is 0 Å². The third-order valence-electron chi connectivity index (χ3n) is 3.03. The fourth-order valence-electron chi connectivity index (χ4n) is 2.11. The molecule has 1 saturated heterocycles. The zero-order chi connectivity index (χ0) is 13.2. The molecule has 0 radical (unpaired) electrons. The van der Waals surface area contributed by atoms with Crippen molar-refractivity contribution in [3.8, 4) is 0 Å². The Kier molecular flexibility index (Phi) is 3.29. The molecule has 96 valence electrons. The standard InChI is InChI=1S/C12H13NO5/c1-17-11(14)9-4-2-5-10(8-9)12(13(15)16)6-3-7-18-12/h2,4-5,8H,3,6-7H2,1H3. The lowest BCUT2D eigenvalue weighted by molar-refractivity contribution is -0.634. The molecule has 0 saturated carbocycles. The maximum absolute atomic E-state index is 11.4. The number of esters is 1. The van der Waals surface area contributed by atoms with E-state index < -0.39 is 16.6 Å². The van der Waals surface area contributed by atoms with Crippen molar-refractivity contribution >= 4 is 5.97 Å². The van der Waals surface area contributed by atoms with Crippen molar-refractivity contribution in [2.75, 3.05) is 13.7 Å². The van der Waals surface area contributed by atoms with E-state index in [1.807, 2.05) is 0 Å². The molecule has 18 heavy (non-hydrogen) atoms. The molecule has 0 aromatic heterocycles. The third-order valence-corrected chi connectivity index (χ3v) is 3.03. The Bertz CT molecular complexity index is 479. The van der Waals surface area contributed by atoms with Gasteiger partial charge in [-0.15, -0.1) is 0 Å². The van der Waals surface area contributed by atoms with Crippen LogP contribution in [0.3, 0.4) is 0 Å². The molecule has 1 aromatic carbocycles. The van der Waals surface area contributed by atoms with Crippen LogP contribution in [0.2, 0.25) is 0 Å². The van der Waals surface area contributed by atoms with E-state index in [1.54, 1.807) is 18.2 Å². The lowest BCUT2D eigenvalue weighted by Crippen LogP contribution is -2.34. The topological polar surface area (TPSA) is 78.7 Å². The molecule has 1 aliphatic heterocycles. The number of benzene rings is 1. The molecule has 1 fully saturated rings. The van der Waals surface area contributed by atoms with E-state index in [4.69, 9.17) is 4.74 Å². The molecule has 6 nitrogen and oxygen atoms in total. The molecule has 6 heteroatoms. The summed E-state index contributed by atoms with van der Waals surface area (Å²) in [5, 5.41) is 11.2. The normalized spacial score (nSPS) is 22.7. The van der Waals surface area contributed by atoms with Gasteiger partial charge in [-0.05, 0) is 24.6 Å². The summed E-state index contributed by atoms with van der Waals surface area (Å²) in [6.45, 7) is 0.351. The fraction of sp³-hybridized carbons (Fsp3) is 0.417. The minimum absolute atomic E-state index is 0.284. The summed E-state index contributed by atoms with van der Waals surface area (Å²) in [6, 6.07) is 6.20. The number of carbonyl (C=O) groups excluding carboxylic acids is 1. The number of nitrogens with zero attached hydrogens (tertiary/aromatic N) is 1. The van der Waals surface area contributed by atoms with Crippen molar-refractivity contribution in [3.63, 3.8) is 0 Å². The van der Waals surface area contributed by atoms with Crippen molar-refractivity contribution in [3.05, 3.63) is 45.5 Å². The van der Waals surface area contributed by atoms with Crippen LogP contribution in [0, 0.1) is 10.1 Å². The van der Waals surface area contributed by atoms with Gasteiger partial charge < -0.3 is 9.47 Å². The van der Waals surface area contributed by atoms with Crippen LogP contribution in [-0.4, -0.2) is 24.6 Å². The predicted molar refractivity (Wildman–Crippen MR) is 61.6 cm³/mol. The minimum Gasteiger partial charge on any atom is -0.465 e. The first-order valence-corrected chi connectivity index (χ1v) is 5.57. The van der Waals surface area contributed by atoms with Crippen LogP contribution >= 0.6 is 0 Å². The summed E-state index contributed by atoms with van der Waals surface area (Å²) in [6.07, 6.45) is 0.939. The van der Waals surface area contributed by atoms with E-state index in [-0.39, 0.29) is 5.56 Å². The molecular formula is C12H13NO5. The molecule has 0 amide bonds.